The minimum atomic E-state index is -0.467. The summed E-state index contributed by atoms with van der Waals surface area (Å²) in [6.07, 6.45) is 2.66. The molecule has 4 heterocycles. The Labute approximate surface area is 99.4 Å². The molecule has 0 saturated carbocycles. The second kappa shape index (κ2) is 2.83. The van der Waals surface area contributed by atoms with Gasteiger partial charge in [0.15, 0.2) is 11.6 Å². The first-order valence-corrected chi connectivity index (χ1v) is 6.85. The first-order chi connectivity index (χ1) is 7.23. The lowest BCUT2D eigenvalue weighted by Crippen LogP contribution is -2.77. The van der Waals surface area contributed by atoms with Gasteiger partial charge in [0.1, 0.15) is 0 Å². The van der Waals surface area contributed by atoms with Gasteiger partial charge in [-0.1, -0.05) is 0 Å². The van der Waals surface area contributed by atoms with Crippen LogP contribution in [0.3, 0.4) is 0 Å². The average molecular weight is 244 g/mol. The van der Waals surface area contributed by atoms with Crippen LogP contribution >= 0.6 is 9.24 Å². The molecule has 0 radical (unpaired) electrons. The minimum absolute atomic E-state index is 0.116. The second-order valence-corrected chi connectivity index (χ2v) is 6.81. The normalized spacial score (nSPS) is 63.9. The lowest BCUT2D eigenvalue weighted by atomic mass is 9.65. The Balaban J connectivity index is 2.10. The Kier molecular flexibility index (Phi) is 2.01. The van der Waals surface area contributed by atoms with Crippen LogP contribution in [0.25, 0.3) is 0 Å². The van der Waals surface area contributed by atoms with E-state index in [4.69, 9.17) is 14.2 Å². The molecule has 0 spiro atoms. The van der Waals surface area contributed by atoms with Gasteiger partial charge in [0.2, 0.25) is 0 Å². The largest absolute Gasteiger partial charge is 0.343 e. The molecule has 0 aromatic rings. The molecule has 4 fully saturated rings. The van der Waals surface area contributed by atoms with Crippen LogP contribution in [0.4, 0.5) is 0 Å². The first-order valence-electron chi connectivity index (χ1n) is 6.03. The molecule has 5 atom stereocenters. The quantitative estimate of drug-likeness (QED) is 0.662. The molecule has 4 bridgehead atoms. The third-order valence-electron chi connectivity index (χ3n) is 4.38. The lowest BCUT2D eigenvalue weighted by Gasteiger charge is -2.69. The summed E-state index contributed by atoms with van der Waals surface area (Å²) in [4.78, 5) is 0. The highest BCUT2D eigenvalue weighted by molar-refractivity contribution is 7.16. The molecule has 0 N–H and O–H groups in total. The molecule has 92 valence electrons. The fourth-order valence-corrected chi connectivity index (χ4v) is 5.51. The molecule has 4 heteroatoms. The van der Waals surface area contributed by atoms with Gasteiger partial charge >= 0.3 is 0 Å². The van der Waals surface area contributed by atoms with Gasteiger partial charge in [-0.3, -0.25) is 0 Å². The number of hydrogen-bond acceptors (Lipinski definition) is 3. The third kappa shape index (κ3) is 1.29. The van der Waals surface area contributed by atoms with Crippen LogP contribution in [-0.4, -0.2) is 28.9 Å². The van der Waals surface area contributed by atoms with Crippen molar-refractivity contribution in [3.05, 3.63) is 0 Å². The van der Waals surface area contributed by atoms with Gasteiger partial charge in [0, 0.05) is 18.8 Å². The Hall–Kier alpha value is 0.310. The van der Waals surface area contributed by atoms with Gasteiger partial charge in [0.25, 0.3) is 0 Å². The minimum Gasteiger partial charge on any atom is -0.343 e. The average Bonchev–Trinajstić information content (AvgIpc) is 1.92. The van der Waals surface area contributed by atoms with Crippen LogP contribution in [0, 0.1) is 5.92 Å². The highest BCUT2D eigenvalue weighted by atomic mass is 31.0. The van der Waals surface area contributed by atoms with E-state index in [1.165, 1.54) is 0 Å². The third-order valence-corrected chi connectivity index (χ3v) is 4.86. The zero-order valence-electron chi connectivity index (χ0n) is 10.5. The molecule has 0 aromatic heterocycles. The summed E-state index contributed by atoms with van der Waals surface area (Å²) in [5.41, 5.74) is -0.233. The fourth-order valence-electron chi connectivity index (χ4n) is 4.51. The highest BCUT2D eigenvalue weighted by Gasteiger charge is 2.70. The van der Waals surface area contributed by atoms with Crippen molar-refractivity contribution in [3.63, 3.8) is 0 Å². The van der Waals surface area contributed by atoms with Gasteiger partial charge in [0.05, 0.1) is 11.2 Å². The Morgan fingerprint density at radius 1 is 0.938 bits per heavy atom. The van der Waals surface area contributed by atoms with E-state index >= 15 is 0 Å². The summed E-state index contributed by atoms with van der Waals surface area (Å²) >= 11 is 0. The Bertz CT molecular complexity index is 299. The molecule has 4 saturated heterocycles. The fraction of sp³-hybridized carbons (Fsp3) is 1.00. The molecule has 5 unspecified atom stereocenters. The van der Waals surface area contributed by atoms with Crippen molar-refractivity contribution in [1.82, 2.24) is 0 Å². The zero-order valence-corrected chi connectivity index (χ0v) is 11.7. The van der Waals surface area contributed by atoms with Crippen molar-refractivity contribution in [2.45, 2.75) is 63.3 Å². The molecule has 4 rings (SSSR count). The van der Waals surface area contributed by atoms with Gasteiger partial charge in [-0.25, -0.2) is 0 Å². The maximum absolute atomic E-state index is 6.22. The molecule has 4 aliphatic heterocycles. The lowest BCUT2D eigenvalue weighted by molar-refractivity contribution is -0.525. The van der Waals surface area contributed by atoms with Crippen molar-refractivity contribution in [1.29, 1.82) is 0 Å². The number of ether oxygens (including phenoxy) is 3. The SMILES string of the molecule is CC12CC3(C)OC(C)(CC(C)(O1)C3CP)O2. The predicted octanol–water partition coefficient (Wildman–Crippen LogP) is 2.30. The van der Waals surface area contributed by atoms with E-state index in [1.807, 2.05) is 13.8 Å². The van der Waals surface area contributed by atoms with E-state index in [0.717, 1.165) is 19.0 Å². The molecule has 16 heavy (non-hydrogen) atoms. The number of rotatable bonds is 1. The van der Waals surface area contributed by atoms with Crippen molar-refractivity contribution < 1.29 is 14.2 Å². The smallest absolute Gasteiger partial charge is 0.172 e. The second-order valence-electron chi connectivity index (χ2n) is 6.34. The van der Waals surface area contributed by atoms with Crippen LogP contribution < -0.4 is 0 Å². The van der Waals surface area contributed by atoms with Gasteiger partial charge in [-0.15, -0.1) is 9.24 Å². The van der Waals surface area contributed by atoms with E-state index in [-0.39, 0.29) is 11.2 Å². The van der Waals surface area contributed by atoms with Crippen LogP contribution in [0.5, 0.6) is 0 Å². The van der Waals surface area contributed by atoms with Gasteiger partial charge in [-0.05, 0) is 33.9 Å². The molecule has 0 aliphatic carbocycles. The van der Waals surface area contributed by atoms with Crippen LogP contribution in [-0.2, 0) is 14.2 Å². The standard InChI is InChI=1S/C12H21O3P/c1-9-6-11(3)14-10(2,8(9)5-16)7-12(4,13-9)15-11/h8H,5-7,16H2,1-4H3. The van der Waals surface area contributed by atoms with Crippen LogP contribution in [0.2, 0.25) is 0 Å². The van der Waals surface area contributed by atoms with E-state index < -0.39 is 11.6 Å². The Morgan fingerprint density at radius 2 is 1.38 bits per heavy atom. The van der Waals surface area contributed by atoms with Crippen molar-refractivity contribution in [2.24, 2.45) is 5.92 Å². The zero-order chi connectivity index (χ0) is 11.8. The van der Waals surface area contributed by atoms with E-state index in [9.17, 15) is 0 Å². The maximum Gasteiger partial charge on any atom is 0.172 e. The van der Waals surface area contributed by atoms with Gasteiger partial charge in [-0.2, -0.15) is 0 Å². The summed E-state index contributed by atoms with van der Waals surface area (Å²) in [5, 5.41) is 0. The molecule has 0 aromatic carbocycles. The summed E-state index contributed by atoms with van der Waals surface area (Å²) < 4.78 is 18.4. The van der Waals surface area contributed by atoms with E-state index in [1.54, 1.807) is 0 Å². The summed E-state index contributed by atoms with van der Waals surface area (Å²) in [7, 11) is 2.84. The molecule has 3 nitrogen and oxygen atoms in total. The topological polar surface area (TPSA) is 27.7 Å². The highest BCUT2D eigenvalue weighted by Crippen LogP contribution is 2.62. The van der Waals surface area contributed by atoms with Gasteiger partial charge < -0.3 is 14.2 Å². The maximum atomic E-state index is 6.22. The molecular formula is C12H21O3P. The van der Waals surface area contributed by atoms with Crippen molar-refractivity contribution in [2.75, 3.05) is 6.16 Å². The first kappa shape index (κ1) is 11.4. The molecular weight excluding hydrogens is 223 g/mol. The summed E-state index contributed by atoms with van der Waals surface area (Å²) in [6.45, 7) is 8.51. The van der Waals surface area contributed by atoms with E-state index in [0.29, 0.717) is 5.92 Å². The summed E-state index contributed by atoms with van der Waals surface area (Å²) in [5.74, 6) is -0.508. The van der Waals surface area contributed by atoms with Crippen molar-refractivity contribution >= 4 is 9.24 Å². The Morgan fingerprint density at radius 3 is 1.75 bits per heavy atom. The predicted molar refractivity (Wildman–Crippen MR) is 64.2 cm³/mol. The monoisotopic (exact) mass is 244 g/mol. The van der Waals surface area contributed by atoms with E-state index in [2.05, 4.69) is 23.1 Å². The molecule has 0 amide bonds. The van der Waals surface area contributed by atoms with Crippen molar-refractivity contribution in [3.8, 4) is 0 Å². The summed E-state index contributed by atoms with van der Waals surface area (Å²) in [6, 6.07) is 0. The molecule has 4 aliphatic rings. The van der Waals surface area contributed by atoms with Crippen LogP contribution in [0.1, 0.15) is 40.5 Å². The number of hydrogen-bond donors (Lipinski definition) is 0. The van der Waals surface area contributed by atoms with Crippen LogP contribution in [0.15, 0.2) is 0 Å².